The van der Waals surface area contributed by atoms with Gasteiger partial charge in [0, 0.05) is 25.2 Å². The summed E-state index contributed by atoms with van der Waals surface area (Å²) in [5.74, 6) is -2.05. The molecule has 0 spiro atoms. The number of amides is 1. The second kappa shape index (κ2) is 8.68. The van der Waals surface area contributed by atoms with Crippen molar-refractivity contribution in [1.29, 1.82) is 0 Å². The van der Waals surface area contributed by atoms with Crippen LogP contribution in [0.2, 0.25) is 0 Å². The molecule has 1 atom stereocenters. The lowest BCUT2D eigenvalue weighted by Gasteiger charge is -2.13. The van der Waals surface area contributed by atoms with Crippen molar-refractivity contribution in [3.05, 3.63) is 30.1 Å². The summed E-state index contributed by atoms with van der Waals surface area (Å²) in [7, 11) is 1.23. The highest BCUT2D eigenvalue weighted by Crippen LogP contribution is 2.03. The van der Waals surface area contributed by atoms with E-state index >= 15 is 0 Å². The molecule has 0 aliphatic rings. The third kappa shape index (κ3) is 6.51. The fourth-order valence-electron chi connectivity index (χ4n) is 1.70. The number of carbonyl (C=O) groups excluding carboxylic acids is 2. The van der Waals surface area contributed by atoms with Gasteiger partial charge in [-0.3, -0.25) is 14.6 Å². The number of nitrogens with zero attached hydrogens (tertiary/aromatic N) is 1. The molecule has 0 radical (unpaired) electrons. The largest absolute Gasteiger partial charge is 0.480 e. The number of methoxy groups -OCH3 is 1. The molecule has 0 aromatic carbocycles. The van der Waals surface area contributed by atoms with E-state index in [1.807, 2.05) is 0 Å². The number of ether oxygens (including phenoxy) is 1. The van der Waals surface area contributed by atoms with E-state index in [4.69, 9.17) is 5.11 Å². The van der Waals surface area contributed by atoms with Crippen LogP contribution in [0, 0.1) is 0 Å². The van der Waals surface area contributed by atoms with E-state index in [-0.39, 0.29) is 25.2 Å². The standard InChI is InChI=1S/C14H18N2O5/c1-21-13(18)5-3-11(14(19)20)16-12(17)4-2-10-6-8-15-9-7-10/h6-9,11H,2-5H2,1H3,(H,16,17)(H,19,20)/t11-/m1/s1. The van der Waals surface area contributed by atoms with Gasteiger partial charge in [0.25, 0.3) is 0 Å². The molecule has 0 unspecified atom stereocenters. The predicted molar refractivity (Wildman–Crippen MR) is 73.4 cm³/mol. The molecule has 1 amide bonds. The Morgan fingerprint density at radius 2 is 1.95 bits per heavy atom. The van der Waals surface area contributed by atoms with Gasteiger partial charge in [-0.25, -0.2) is 4.79 Å². The molecule has 0 fully saturated rings. The molecule has 21 heavy (non-hydrogen) atoms. The summed E-state index contributed by atoms with van der Waals surface area (Å²) in [5, 5.41) is 11.4. The maximum atomic E-state index is 11.7. The van der Waals surface area contributed by atoms with Crippen molar-refractivity contribution in [2.45, 2.75) is 31.7 Å². The Hall–Kier alpha value is -2.44. The minimum atomic E-state index is -1.17. The molecule has 1 rings (SSSR count). The Bertz CT molecular complexity index is 489. The smallest absolute Gasteiger partial charge is 0.326 e. The minimum absolute atomic E-state index is 0.00298. The molecular formula is C14H18N2O5. The molecule has 2 N–H and O–H groups in total. The second-order valence-corrected chi connectivity index (χ2v) is 4.43. The lowest BCUT2D eigenvalue weighted by molar-refractivity contribution is -0.144. The Morgan fingerprint density at radius 3 is 2.52 bits per heavy atom. The van der Waals surface area contributed by atoms with Crippen LogP contribution in [0.1, 0.15) is 24.8 Å². The Balaban J connectivity index is 2.41. The number of aromatic nitrogens is 1. The number of carboxylic acids is 1. The van der Waals surface area contributed by atoms with E-state index in [9.17, 15) is 14.4 Å². The lowest BCUT2D eigenvalue weighted by atomic mass is 10.1. The molecule has 7 nitrogen and oxygen atoms in total. The molecule has 1 aromatic rings. The van der Waals surface area contributed by atoms with Gasteiger partial charge in [-0.15, -0.1) is 0 Å². The number of esters is 1. The highest BCUT2D eigenvalue weighted by molar-refractivity contribution is 5.84. The first-order valence-corrected chi connectivity index (χ1v) is 6.51. The van der Waals surface area contributed by atoms with E-state index in [2.05, 4.69) is 15.0 Å². The van der Waals surface area contributed by atoms with Gasteiger partial charge >= 0.3 is 11.9 Å². The molecule has 1 heterocycles. The van der Waals surface area contributed by atoms with Crippen LogP contribution in [0.25, 0.3) is 0 Å². The van der Waals surface area contributed by atoms with Gasteiger partial charge in [0.05, 0.1) is 7.11 Å². The summed E-state index contributed by atoms with van der Waals surface area (Å²) in [6.45, 7) is 0. The maximum absolute atomic E-state index is 11.7. The Labute approximate surface area is 122 Å². The zero-order chi connectivity index (χ0) is 15.7. The molecule has 7 heteroatoms. The van der Waals surface area contributed by atoms with Crippen molar-refractivity contribution in [3.8, 4) is 0 Å². The van der Waals surface area contributed by atoms with Gasteiger partial charge < -0.3 is 15.2 Å². The number of aryl methyl sites for hydroxylation is 1. The van der Waals surface area contributed by atoms with Gasteiger partial charge in [0.2, 0.25) is 5.91 Å². The highest BCUT2D eigenvalue weighted by Gasteiger charge is 2.20. The predicted octanol–water partition coefficient (Wildman–Crippen LogP) is 0.537. The monoisotopic (exact) mass is 294 g/mol. The lowest BCUT2D eigenvalue weighted by Crippen LogP contribution is -2.41. The fourth-order valence-corrected chi connectivity index (χ4v) is 1.70. The second-order valence-electron chi connectivity index (χ2n) is 4.43. The van der Waals surface area contributed by atoms with Gasteiger partial charge in [0.15, 0.2) is 0 Å². The first-order chi connectivity index (χ1) is 10.0. The quantitative estimate of drug-likeness (QED) is 0.678. The zero-order valence-electron chi connectivity index (χ0n) is 11.7. The van der Waals surface area contributed by atoms with Crippen molar-refractivity contribution < 1.29 is 24.2 Å². The molecular weight excluding hydrogens is 276 g/mol. The number of hydrogen-bond donors (Lipinski definition) is 2. The van der Waals surface area contributed by atoms with Crippen LogP contribution < -0.4 is 5.32 Å². The van der Waals surface area contributed by atoms with E-state index in [1.165, 1.54) is 7.11 Å². The van der Waals surface area contributed by atoms with Crippen molar-refractivity contribution in [3.63, 3.8) is 0 Å². The normalized spacial score (nSPS) is 11.5. The number of pyridine rings is 1. The summed E-state index contributed by atoms with van der Waals surface area (Å²) < 4.78 is 4.44. The molecule has 0 bridgehead atoms. The number of rotatable bonds is 8. The van der Waals surface area contributed by atoms with Crippen LogP contribution in [-0.4, -0.2) is 41.1 Å². The Morgan fingerprint density at radius 1 is 1.29 bits per heavy atom. The van der Waals surface area contributed by atoms with E-state index < -0.39 is 18.0 Å². The topological polar surface area (TPSA) is 106 Å². The summed E-state index contributed by atoms with van der Waals surface area (Å²) >= 11 is 0. The summed E-state index contributed by atoms with van der Waals surface area (Å²) in [4.78, 5) is 37.6. The van der Waals surface area contributed by atoms with Gasteiger partial charge in [-0.1, -0.05) is 0 Å². The van der Waals surface area contributed by atoms with Crippen LogP contribution in [0.5, 0.6) is 0 Å². The number of nitrogens with one attached hydrogen (secondary N) is 1. The SMILES string of the molecule is COC(=O)CC[C@@H](NC(=O)CCc1ccncc1)C(=O)O. The molecule has 1 aromatic heterocycles. The summed E-state index contributed by atoms with van der Waals surface area (Å²) in [6, 6.07) is 2.49. The van der Waals surface area contributed by atoms with Crippen LogP contribution in [-0.2, 0) is 25.5 Å². The van der Waals surface area contributed by atoms with Crippen molar-refractivity contribution in [1.82, 2.24) is 10.3 Å². The molecule has 114 valence electrons. The summed E-state index contributed by atoms with van der Waals surface area (Å²) in [6.07, 6.45) is 3.87. The number of carbonyl (C=O) groups is 3. The molecule has 0 saturated heterocycles. The third-order valence-corrected chi connectivity index (χ3v) is 2.89. The van der Waals surface area contributed by atoms with E-state index in [0.29, 0.717) is 6.42 Å². The third-order valence-electron chi connectivity index (χ3n) is 2.89. The fraction of sp³-hybridized carbons (Fsp3) is 0.429. The highest BCUT2D eigenvalue weighted by atomic mass is 16.5. The first kappa shape index (κ1) is 16.6. The van der Waals surface area contributed by atoms with Crippen LogP contribution in [0.15, 0.2) is 24.5 Å². The average molecular weight is 294 g/mol. The first-order valence-electron chi connectivity index (χ1n) is 6.51. The molecule has 0 aliphatic heterocycles. The van der Waals surface area contributed by atoms with Crippen molar-refractivity contribution in [2.24, 2.45) is 0 Å². The van der Waals surface area contributed by atoms with Crippen LogP contribution in [0.3, 0.4) is 0 Å². The number of carboxylic acid groups (broad SMARTS) is 1. The molecule has 0 aliphatic carbocycles. The zero-order valence-corrected chi connectivity index (χ0v) is 11.7. The van der Waals surface area contributed by atoms with Crippen molar-refractivity contribution >= 4 is 17.8 Å². The summed E-state index contributed by atoms with van der Waals surface area (Å²) in [5.41, 5.74) is 0.946. The van der Waals surface area contributed by atoms with Crippen molar-refractivity contribution in [2.75, 3.05) is 7.11 Å². The number of aliphatic carboxylic acids is 1. The van der Waals surface area contributed by atoms with Gasteiger partial charge in [-0.05, 0) is 30.5 Å². The minimum Gasteiger partial charge on any atom is -0.480 e. The maximum Gasteiger partial charge on any atom is 0.326 e. The molecule has 0 saturated carbocycles. The van der Waals surface area contributed by atoms with Crippen LogP contribution in [0.4, 0.5) is 0 Å². The van der Waals surface area contributed by atoms with E-state index in [1.54, 1.807) is 24.5 Å². The van der Waals surface area contributed by atoms with Crippen LogP contribution >= 0.6 is 0 Å². The van der Waals surface area contributed by atoms with Gasteiger partial charge in [0.1, 0.15) is 6.04 Å². The van der Waals surface area contributed by atoms with Gasteiger partial charge in [-0.2, -0.15) is 0 Å². The Kier molecular flexibility index (Phi) is 6.86. The number of hydrogen-bond acceptors (Lipinski definition) is 5. The average Bonchev–Trinajstić information content (AvgIpc) is 2.49. The van der Waals surface area contributed by atoms with E-state index in [0.717, 1.165) is 5.56 Å².